The molecule has 2 amide bonds. The van der Waals surface area contributed by atoms with Crippen molar-refractivity contribution in [2.24, 2.45) is 11.8 Å². The topological polar surface area (TPSA) is 96.4 Å². The minimum atomic E-state index is -0.467. The van der Waals surface area contributed by atoms with Crippen LogP contribution in [0.4, 0.5) is 9.59 Å². The number of likely N-dealkylation sites (tertiary alicyclic amines) is 2. The Balaban J connectivity index is 0.000000311. The van der Waals surface area contributed by atoms with E-state index in [4.69, 9.17) is 9.47 Å². The Morgan fingerprint density at radius 2 is 1.35 bits per heavy atom. The van der Waals surface area contributed by atoms with Crippen LogP contribution in [0.1, 0.15) is 74.1 Å². The van der Waals surface area contributed by atoms with Crippen molar-refractivity contribution in [1.29, 1.82) is 0 Å². The van der Waals surface area contributed by atoms with E-state index in [0.717, 1.165) is 38.5 Å². The van der Waals surface area contributed by atoms with Crippen LogP contribution in [0.2, 0.25) is 0 Å². The number of aliphatic hydroxyl groups is 1. The molecule has 2 rings (SSSR count). The highest BCUT2D eigenvalue weighted by Crippen LogP contribution is 2.21. The van der Waals surface area contributed by atoms with Gasteiger partial charge in [-0.2, -0.15) is 0 Å². The third-order valence-electron chi connectivity index (χ3n) is 5.09. The largest absolute Gasteiger partial charge is 0.444 e. The van der Waals surface area contributed by atoms with E-state index in [1.807, 2.05) is 41.5 Å². The third-order valence-corrected chi connectivity index (χ3v) is 5.09. The lowest BCUT2D eigenvalue weighted by atomic mass is 9.94. The van der Waals surface area contributed by atoms with Gasteiger partial charge in [-0.05, 0) is 74.1 Å². The molecule has 2 heterocycles. The van der Waals surface area contributed by atoms with Crippen molar-refractivity contribution in [3.63, 3.8) is 0 Å². The molecule has 0 bridgehead atoms. The molecule has 0 aromatic heterocycles. The van der Waals surface area contributed by atoms with Gasteiger partial charge in [-0.25, -0.2) is 9.59 Å². The lowest BCUT2D eigenvalue weighted by Gasteiger charge is -2.35. The first-order valence-electron chi connectivity index (χ1n) is 11.3. The highest BCUT2D eigenvalue weighted by atomic mass is 16.6. The van der Waals surface area contributed by atoms with Crippen LogP contribution in [-0.2, 0) is 14.3 Å². The SMILES string of the molecule is CC(C)(C)OC(=O)N1CCCC(C=O)C1.CC(O)C1CCCN(C(=O)OC(C)(C)C)C1. The number of carbonyl (C=O) groups excluding carboxylic acids is 3. The molecule has 180 valence electrons. The molecule has 2 aliphatic rings. The summed E-state index contributed by atoms with van der Waals surface area (Å²) in [5.74, 6) is 0.160. The van der Waals surface area contributed by atoms with E-state index in [9.17, 15) is 19.5 Å². The second-order valence-electron chi connectivity index (χ2n) is 10.5. The smallest absolute Gasteiger partial charge is 0.410 e. The Kier molecular flexibility index (Phi) is 10.3. The lowest BCUT2D eigenvalue weighted by Crippen LogP contribution is -2.45. The molecule has 3 atom stereocenters. The molecule has 8 heteroatoms. The van der Waals surface area contributed by atoms with Gasteiger partial charge in [0.05, 0.1) is 6.10 Å². The van der Waals surface area contributed by atoms with Crippen LogP contribution in [0.15, 0.2) is 0 Å². The van der Waals surface area contributed by atoms with Crippen LogP contribution in [0.5, 0.6) is 0 Å². The Labute approximate surface area is 187 Å². The van der Waals surface area contributed by atoms with Crippen LogP contribution in [0.25, 0.3) is 0 Å². The number of ether oxygens (including phenoxy) is 2. The molecule has 0 aliphatic carbocycles. The van der Waals surface area contributed by atoms with Crippen LogP contribution in [0.3, 0.4) is 0 Å². The summed E-state index contributed by atoms with van der Waals surface area (Å²) in [7, 11) is 0. The molecule has 31 heavy (non-hydrogen) atoms. The van der Waals surface area contributed by atoms with Crippen LogP contribution < -0.4 is 0 Å². The van der Waals surface area contributed by atoms with Gasteiger partial charge in [0.2, 0.25) is 0 Å². The average Bonchev–Trinajstić information content (AvgIpc) is 2.66. The van der Waals surface area contributed by atoms with Gasteiger partial charge < -0.3 is 29.2 Å². The van der Waals surface area contributed by atoms with Crippen molar-refractivity contribution in [2.75, 3.05) is 26.2 Å². The number of carbonyl (C=O) groups is 3. The van der Waals surface area contributed by atoms with Crippen molar-refractivity contribution < 1.29 is 29.0 Å². The Bertz CT molecular complexity index is 594. The summed E-state index contributed by atoms with van der Waals surface area (Å²) >= 11 is 0. The zero-order valence-electron chi connectivity index (χ0n) is 20.3. The van der Waals surface area contributed by atoms with Crippen molar-refractivity contribution >= 4 is 18.5 Å². The van der Waals surface area contributed by atoms with Gasteiger partial charge in [-0.1, -0.05) is 0 Å². The average molecular weight is 443 g/mol. The first-order valence-corrected chi connectivity index (χ1v) is 11.3. The summed E-state index contributed by atoms with van der Waals surface area (Å²) in [4.78, 5) is 37.4. The number of rotatable bonds is 2. The fraction of sp³-hybridized carbons (Fsp3) is 0.870. The molecule has 8 nitrogen and oxygen atoms in total. The molecule has 0 aromatic rings. The zero-order chi connectivity index (χ0) is 23.8. The monoisotopic (exact) mass is 442 g/mol. The van der Waals surface area contributed by atoms with Crippen molar-refractivity contribution in [2.45, 2.75) is 91.5 Å². The second-order valence-corrected chi connectivity index (χ2v) is 10.5. The molecule has 2 fully saturated rings. The molecule has 2 aliphatic heterocycles. The predicted molar refractivity (Wildman–Crippen MR) is 119 cm³/mol. The standard InChI is InChI=1S/C12H23NO3.C11H19NO3/c1-9(14)10-6-5-7-13(8-10)11(15)16-12(2,3)4;1-11(2,3)15-10(14)12-6-4-5-9(7-12)8-13/h9-10,14H,5-8H2,1-4H3;8-9H,4-7H2,1-3H3. The highest BCUT2D eigenvalue weighted by Gasteiger charge is 2.29. The van der Waals surface area contributed by atoms with E-state index in [2.05, 4.69) is 0 Å². The maximum Gasteiger partial charge on any atom is 0.410 e. The number of nitrogens with zero attached hydrogens (tertiary/aromatic N) is 2. The first-order chi connectivity index (χ1) is 14.2. The van der Waals surface area contributed by atoms with E-state index >= 15 is 0 Å². The highest BCUT2D eigenvalue weighted by molar-refractivity contribution is 5.69. The van der Waals surface area contributed by atoms with Crippen molar-refractivity contribution in [1.82, 2.24) is 9.80 Å². The second kappa shape index (κ2) is 11.7. The summed E-state index contributed by atoms with van der Waals surface area (Å²) in [6.07, 6.45) is 3.67. The van der Waals surface area contributed by atoms with Gasteiger partial charge in [-0.15, -0.1) is 0 Å². The van der Waals surface area contributed by atoms with E-state index in [-0.39, 0.29) is 30.1 Å². The van der Waals surface area contributed by atoms with E-state index in [1.54, 1.807) is 16.7 Å². The molecule has 2 saturated heterocycles. The van der Waals surface area contributed by atoms with E-state index in [1.165, 1.54) is 0 Å². The Morgan fingerprint density at radius 3 is 1.77 bits per heavy atom. The normalized spacial score (nSPS) is 23.2. The van der Waals surface area contributed by atoms with Crippen molar-refractivity contribution in [3.8, 4) is 0 Å². The van der Waals surface area contributed by atoms with Gasteiger partial charge >= 0.3 is 12.2 Å². The summed E-state index contributed by atoms with van der Waals surface area (Å²) in [6, 6.07) is 0. The van der Waals surface area contributed by atoms with Gasteiger partial charge in [0.1, 0.15) is 17.5 Å². The quantitative estimate of drug-likeness (QED) is 0.653. The summed E-state index contributed by atoms with van der Waals surface area (Å²) < 4.78 is 10.6. The number of piperidine rings is 2. The molecular weight excluding hydrogens is 400 g/mol. The number of amides is 2. The molecule has 0 spiro atoms. The summed E-state index contributed by atoms with van der Waals surface area (Å²) in [6.45, 7) is 15.4. The van der Waals surface area contributed by atoms with Crippen LogP contribution in [-0.4, -0.2) is 76.9 Å². The number of hydrogen-bond acceptors (Lipinski definition) is 6. The fourth-order valence-corrected chi connectivity index (χ4v) is 3.51. The third kappa shape index (κ3) is 10.8. The summed E-state index contributed by atoms with van der Waals surface area (Å²) in [5.41, 5.74) is -0.917. The Morgan fingerprint density at radius 1 is 0.903 bits per heavy atom. The predicted octanol–water partition coefficient (Wildman–Crippen LogP) is 3.85. The summed E-state index contributed by atoms with van der Waals surface area (Å²) in [5, 5.41) is 9.53. The molecule has 0 radical (unpaired) electrons. The maximum absolute atomic E-state index is 11.8. The van der Waals surface area contributed by atoms with Gasteiger partial charge in [-0.3, -0.25) is 0 Å². The van der Waals surface area contributed by atoms with E-state index in [0.29, 0.717) is 19.6 Å². The number of aliphatic hydroxyl groups excluding tert-OH is 1. The first kappa shape index (κ1) is 27.2. The molecule has 0 aromatic carbocycles. The van der Waals surface area contributed by atoms with Crippen LogP contribution in [0, 0.1) is 11.8 Å². The van der Waals surface area contributed by atoms with Gasteiger partial charge in [0, 0.05) is 38.0 Å². The van der Waals surface area contributed by atoms with E-state index < -0.39 is 11.2 Å². The molecule has 0 saturated carbocycles. The number of hydrogen-bond donors (Lipinski definition) is 1. The Hall–Kier alpha value is -1.83. The van der Waals surface area contributed by atoms with Crippen LogP contribution >= 0.6 is 0 Å². The minimum Gasteiger partial charge on any atom is -0.444 e. The minimum absolute atomic E-state index is 0.0220. The van der Waals surface area contributed by atoms with Gasteiger partial charge in [0.15, 0.2) is 0 Å². The maximum atomic E-state index is 11.8. The molecule has 1 N–H and O–H groups in total. The zero-order valence-corrected chi connectivity index (χ0v) is 20.3. The molecular formula is C23H42N2O6. The van der Waals surface area contributed by atoms with Gasteiger partial charge in [0.25, 0.3) is 0 Å². The fourth-order valence-electron chi connectivity index (χ4n) is 3.51. The lowest BCUT2D eigenvalue weighted by molar-refractivity contribution is -0.112. The van der Waals surface area contributed by atoms with Crippen molar-refractivity contribution in [3.05, 3.63) is 0 Å². The number of aldehydes is 1. The molecule has 3 unspecified atom stereocenters.